The highest BCUT2D eigenvalue weighted by Crippen LogP contribution is 2.51. The molecule has 0 spiro atoms. The lowest BCUT2D eigenvalue weighted by Gasteiger charge is -2.27. The summed E-state index contributed by atoms with van der Waals surface area (Å²) in [5.74, 6) is 2.96. The quantitative estimate of drug-likeness (QED) is 0.803. The van der Waals surface area contributed by atoms with E-state index in [0.29, 0.717) is 6.04 Å². The third-order valence-corrected chi connectivity index (χ3v) is 5.73. The van der Waals surface area contributed by atoms with Crippen molar-refractivity contribution in [2.45, 2.75) is 51.5 Å². The van der Waals surface area contributed by atoms with Crippen LogP contribution in [-0.2, 0) is 0 Å². The van der Waals surface area contributed by atoms with Gasteiger partial charge in [-0.25, -0.2) is 0 Å². The Balaban J connectivity index is 1.67. The molecule has 0 aliphatic heterocycles. The van der Waals surface area contributed by atoms with Gasteiger partial charge in [0.2, 0.25) is 0 Å². The van der Waals surface area contributed by atoms with Crippen molar-refractivity contribution in [2.24, 2.45) is 17.8 Å². The first-order valence-corrected chi connectivity index (χ1v) is 8.53. The lowest BCUT2D eigenvalue weighted by molar-refractivity contribution is 0.278. The van der Waals surface area contributed by atoms with Crippen LogP contribution in [0, 0.1) is 17.8 Å². The maximum absolute atomic E-state index is 5.43. The number of hydrogen-bond acceptors (Lipinski definition) is 2. The molecule has 2 saturated carbocycles. The first-order valence-electron chi connectivity index (χ1n) is 7.74. The molecule has 1 N–H and O–H groups in total. The minimum absolute atomic E-state index is 0.456. The zero-order valence-corrected chi connectivity index (χ0v) is 13.3. The molecule has 0 aromatic carbocycles. The molecule has 106 valence electrons. The molecule has 4 atom stereocenters. The van der Waals surface area contributed by atoms with Gasteiger partial charge < -0.3 is 9.73 Å². The summed E-state index contributed by atoms with van der Waals surface area (Å²) in [6.45, 7) is 3.31. The van der Waals surface area contributed by atoms with Gasteiger partial charge in [-0.2, -0.15) is 0 Å². The number of hydrogen-bond donors (Lipinski definition) is 1. The molecule has 0 amide bonds. The average molecular weight is 326 g/mol. The zero-order valence-electron chi connectivity index (χ0n) is 11.7. The Bertz CT molecular complexity index is 417. The Labute approximate surface area is 124 Å². The van der Waals surface area contributed by atoms with Gasteiger partial charge >= 0.3 is 0 Å². The fraction of sp³-hybridized carbons (Fsp3) is 0.750. The fourth-order valence-electron chi connectivity index (χ4n) is 4.16. The minimum Gasteiger partial charge on any atom is -0.457 e. The van der Waals surface area contributed by atoms with Gasteiger partial charge in [-0.15, -0.1) is 0 Å². The monoisotopic (exact) mass is 325 g/mol. The van der Waals surface area contributed by atoms with E-state index in [2.05, 4.69) is 34.2 Å². The Morgan fingerprint density at radius 1 is 1.42 bits per heavy atom. The Morgan fingerprint density at radius 3 is 2.89 bits per heavy atom. The fourth-order valence-corrected chi connectivity index (χ4v) is 4.68. The first kappa shape index (κ1) is 13.7. The van der Waals surface area contributed by atoms with Crippen LogP contribution in [0.4, 0.5) is 0 Å². The molecule has 2 aliphatic rings. The van der Waals surface area contributed by atoms with Crippen LogP contribution in [0.1, 0.15) is 57.1 Å². The summed E-state index contributed by atoms with van der Waals surface area (Å²) in [6.07, 6.45) is 10.2. The predicted octanol–water partition coefficient (Wildman–Crippen LogP) is 4.91. The van der Waals surface area contributed by atoms with Gasteiger partial charge in [0.25, 0.3) is 0 Å². The van der Waals surface area contributed by atoms with Crippen LogP contribution in [0.15, 0.2) is 21.4 Å². The van der Waals surface area contributed by atoms with Crippen LogP contribution in [0.25, 0.3) is 0 Å². The van der Waals surface area contributed by atoms with Crippen molar-refractivity contribution in [3.63, 3.8) is 0 Å². The van der Waals surface area contributed by atoms with E-state index in [1.165, 1.54) is 44.1 Å². The molecule has 2 bridgehead atoms. The topological polar surface area (TPSA) is 25.2 Å². The molecule has 2 aliphatic carbocycles. The Morgan fingerprint density at radius 2 is 2.32 bits per heavy atom. The van der Waals surface area contributed by atoms with Gasteiger partial charge in [-0.3, -0.25) is 0 Å². The summed E-state index contributed by atoms with van der Waals surface area (Å²) < 4.78 is 6.34. The second-order valence-corrected chi connectivity index (χ2v) is 7.05. The molecule has 0 saturated heterocycles. The summed E-state index contributed by atoms with van der Waals surface area (Å²) in [7, 11) is 0. The van der Waals surface area contributed by atoms with Gasteiger partial charge in [0.05, 0.1) is 6.26 Å². The van der Waals surface area contributed by atoms with E-state index in [1.807, 2.05) is 0 Å². The van der Waals surface area contributed by atoms with Crippen molar-refractivity contribution in [1.82, 2.24) is 5.32 Å². The molecule has 1 aromatic heterocycles. The molecule has 3 heteroatoms. The van der Waals surface area contributed by atoms with Crippen LogP contribution in [0.3, 0.4) is 0 Å². The maximum Gasteiger partial charge on any atom is 0.173 e. The van der Waals surface area contributed by atoms with Crippen molar-refractivity contribution in [3.8, 4) is 0 Å². The van der Waals surface area contributed by atoms with Gasteiger partial charge in [0.1, 0.15) is 0 Å². The molecule has 1 heterocycles. The van der Waals surface area contributed by atoms with Crippen LogP contribution in [0.5, 0.6) is 0 Å². The van der Waals surface area contributed by atoms with Crippen molar-refractivity contribution < 1.29 is 4.42 Å². The lowest BCUT2D eigenvalue weighted by atomic mass is 9.83. The number of fused-ring (bicyclic) bond motifs is 2. The molecule has 2 fully saturated rings. The van der Waals surface area contributed by atoms with E-state index in [0.717, 1.165) is 29.0 Å². The third kappa shape index (κ3) is 2.92. The van der Waals surface area contributed by atoms with E-state index < -0.39 is 0 Å². The van der Waals surface area contributed by atoms with Crippen LogP contribution >= 0.6 is 15.9 Å². The summed E-state index contributed by atoms with van der Waals surface area (Å²) in [6, 6.07) is 2.57. The zero-order chi connectivity index (χ0) is 13.2. The average Bonchev–Trinajstić information content (AvgIpc) is 3.10. The van der Waals surface area contributed by atoms with Crippen molar-refractivity contribution in [3.05, 3.63) is 22.6 Å². The molecule has 2 nitrogen and oxygen atoms in total. The summed E-state index contributed by atoms with van der Waals surface area (Å²) in [5, 5.41) is 3.71. The normalized spacial score (nSPS) is 30.9. The van der Waals surface area contributed by atoms with E-state index in [-0.39, 0.29) is 0 Å². The highest BCUT2D eigenvalue weighted by atomic mass is 79.9. The minimum atomic E-state index is 0.456. The number of nitrogens with one attached hydrogen (secondary N) is 1. The van der Waals surface area contributed by atoms with Crippen molar-refractivity contribution in [2.75, 3.05) is 6.54 Å². The second kappa shape index (κ2) is 6.01. The third-order valence-electron chi connectivity index (χ3n) is 5.09. The van der Waals surface area contributed by atoms with Gasteiger partial charge in [0.15, 0.2) is 4.67 Å². The standard InChI is InChI=1S/C16H24BrNO/c1-2-6-18-15(14-5-7-19-16(14)17)10-13-9-11-3-4-12(13)8-11/h5,7,11-13,15,18H,2-4,6,8-10H2,1H3. The van der Waals surface area contributed by atoms with E-state index in [4.69, 9.17) is 4.42 Å². The Hall–Kier alpha value is -0.280. The number of rotatable bonds is 6. The molecule has 3 rings (SSSR count). The van der Waals surface area contributed by atoms with Crippen LogP contribution in [0.2, 0.25) is 0 Å². The SMILES string of the molecule is CCCNC(CC1CC2CCC1C2)c1ccoc1Br. The smallest absolute Gasteiger partial charge is 0.173 e. The lowest BCUT2D eigenvalue weighted by Crippen LogP contribution is -2.26. The second-order valence-electron chi connectivity index (χ2n) is 6.33. The number of halogens is 1. The summed E-state index contributed by atoms with van der Waals surface area (Å²) in [5.41, 5.74) is 1.30. The van der Waals surface area contributed by atoms with Crippen LogP contribution < -0.4 is 5.32 Å². The Kier molecular flexibility index (Phi) is 4.33. The summed E-state index contributed by atoms with van der Waals surface area (Å²) in [4.78, 5) is 0. The van der Waals surface area contributed by atoms with Gasteiger partial charge in [-0.05, 0) is 78.4 Å². The highest BCUT2D eigenvalue weighted by Gasteiger charge is 2.40. The van der Waals surface area contributed by atoms with Crippen LogP contribution in [-0.4, -0.2) is 6.54 Å². The molecular weight excluding hydrogens is 302 g/mol. The van der Waals surface area contributed by atoms with E-state index in [9.17, 15) is 0 Å². The van der Waals surface area contributed by atoms with Gasteiger partial charge in [0, 0.05) is 11.6 Å². The van der Waals surface area contributed by atoms with Gasteiger partial charge in [-0.1, -0.05) is 13.3 Å². The van der Waals surface area contributed by atoms with Crippen molar-refractivity contribution in [1.29, 1.82) is 0 Å². The van der Waals surface area contributed by atoms with E-state index >= 15 is 0 Å². The number of furan rings is 1. The first-order chi connectivity index (χ1) is 9.28. The maximum atomic E-state index is 5.43. The molecular formula is C16H24BrNO. The molecule has 19 heavy (non-hydrogen) atoms. The summed E-state index contributed by atoms with van der Waals surface area (Å²) >= 11 is 3.54. The molecule has 0 radical (unpaired) electrons. The highest BCUT2D eigenvalue weighted by molar-refractivity contribution is 9.10. The van der Waals surface area contributed by atoms with Crippen molar-refractivity contribution >= 4 is 15.9 Å². The molecule has 1 aromatic rings. The molecule has 4 unspecified atom stereocenters. The predicted molar refractivity (Wildman–Crippen MR) is 81.0 cm³/mol. The largest absolute Gasteiger partial charge is 0.457 e. The van der Waals surface area contributed by atoms with E-state index in [1.54, 1.807) is 6.26 Å².